The summed E-state index contributed by atoms with van der Waals surface area (Å²) in [5.74, 6) is 0.978. The zero-order chi connectivity index (χ0) is 18.9. The van der Waals surface area contributed by atoms with Gasteiger partial charge < -0.3 is 9.84 Å². The van der Waals surface area contributed by atoms with Crippen molar-refractivity contribution >= 4 is 22.2 Å². The second kappa shape index (κ2) is 7.24. The molecule has 1 amide bonds. The zero-order valence-electron chi connectivity index (χ0n) is 15.8. The van der Waals surface area contributed by atoms with Gasteiger partial charge in [0, 0.05) is 17.4 Å². The number of rotatable bonds is 4. The average Bonchev–Trinajstić information content (AvgIpc) is 3.17. The van der Waals surface area contributed by atoms with E-state index in [1.54, 1.807) is 6.07 Å². The molecule has 1 atom stereocenters. The Morgan fingerprint density at radius 1 is 1.50 bits per heavy atom. The minimum Gasteiger partial charge on any atom is -0.361 e. The van der Waals surface area contributed by atoms with E-state index in [2.05, 4.69) is 37.3 Å². The third kappa shape index (κ3) is 3.68. The zero-order valence-corrected chi connectivity index (χ0v) is 16.6. The van der Waals surface area contributed by atoms with Crippen LogP contribution in [0.1, 0.15) is 72.8 Å². The summed E-state index contributed by atoms with van der Waals surface area (Å²) in [5, 5.41) is 17.0. The Bertz CT molecular complexity index is 852. The summed E-state index contributed by atoms with van der Waals surface area (Å²) in [6.45, 7) is 8.84. The molecule has 6 heteroatoms. The number of carbonyl (C=O) groups is 1. The van der Waals surface area contributed by atoms with Gasteiger partial charge in [-0.1, -0.05) is 32.9 Å². The Morgan fingerprint density at radius 2 is 2.27 bits per heavy atom. The molecule has 0 saturated heterocycles. The quantitative estimate of drug-likeness (QED) is 0.823. The fraction of sp³-hybridized carbons (Fsp3) is 0.550. The van der Waals surface area contributed by atoms with Gasteiger partial charge in [0.15, 0.2) is 5.69 Å². The predicted octanol–water partition coefficient (Wildman–Crippen LogP) is 4.96. The van der Waals surface area contributed by atoms with Crippen molar-refractivity contribution in [2.24, 2.45) is 11.3 Å². The molecule has 0 aromatic carbocycles. The van der Waals surface area contributed by atoms with Crippen LogP contribution < -0.4 is 5.32 Å². The molecule has 5 nitrogen and oxygen atoms in total. The number of nitrogens with one attached hydrogen (secondary N) is 1. The normalized spacial score (nSPS) is 16.8. The van der Waals surface area contributed by atoms with Gasteiger partial charge >= 0.3 is 0 Å². The molecule has 2 aromatic heterocycles. The number of aryl methyl sites for hydroxylation is 1. The van der Waals surface area contributed by atoms with Crippen molar-refractivity contribution in [3.63, 3.8) is 0 Å². The number of nitriles is 1. The lowest BCUT2D eigenvalue weighted by molar-refractivity contribution is 0.101. The maximum absolute atomic E-state index is 12.5. The van der Waals surface area contributed by atoms with E-state index in [-0.39, 0.29) is 17.0 Å². The van der Waals surface area contributed by atoms with Crippen LogP contribution in [0.3, 0.4) is 0 Å². The van der Waals surface area contributed by atoms with Crippen LogP contribution in [0.4, 0.5) is 5.00 Å². The van der Waals surface area contributed by atoms with Gasteiger partial charge in [0.05, 0.1) is 5.56 Å². The van der Waals surface area contributed by atoms with Gasteiger partial charge in [0.25, 0.3) is 5.91 Å². The van der Waals surface area contributed by atoms with Crippen molar-refractivity contribution in [3.8, 4) is 6.07 Å². The van der Waals surface area contributed by atoms with E-state index in [1.807, 2.05) is 6.92 Å². The van der Waals surface area contributed by atoms with E-state index >= 15 is 0 Å². The first-order valence-corrected chi connectivity index (χ1v) is 9.96. The van der Waals surface area contributed by atoms with Crippen LogP contribution in [0.5, 0.6) is 0 Å². The summed E-state index contributed by atoms with van der Waals surface area (Å²) in [7, 11) is 0. The first-order chi connectivity index (χ1) is 12.3. The molecule has 0 saturated carbocycles. The molecule has 0 bridgehead atoms. The van der Waals surface area contributed by atoms with Crippen LogP contribution in [0.15, 0.2) is 10.6 Å². The predicted molar refractivity (Wildman–Crippen MR) is 102 cm³/mol. The molecule has 0 fully saturated rings. The molecular weight excluding hydrogens is 346 g/mol. The molecule has 1 N–H and O–H groups in total. The highest BCUT2D eigenvalue weighted by Crippen LogP contribution is 2.44. The van der Waals surface area contributed by atoms with Gasteiger partial charge in [0.2, 0.25) is 0 Å². The lowest BCUT2D eigenvalue weighted by atomic mass is 9.72. The first kappa shape index (κ1) is 18.7. The van der Waals surface area contributed by atoms with Gasteiger partial charge in [-0.15, -0.1) is 11.3 Å². The second-order valence-electron chi connectivity index (χ2n) is 8.01. The van der Waals surface area contributed by atoms with Gasteiger partial charge in [-0.25, -0.2) is 0 Å². The monoisotopic (exact) mass is 371 g/mol. The van der Waals surface area contributed by atoms with Crippen molar-refractivity contribution in [1.29, 1.82) is 5.26 Å². The smallest absolute Gasteiger partial charge is 0.278 e. The number of carbonyl (C=O) groups excluding carboxylic acids is 1. The van der Waals surface area contributed by atoms with E-state index in [4.69, 9.17) is 4.52 Å². The Hall–Kier alpha value is -2.13. The maximum Gasteiger partial charge on any atom is 0.278 e. The molecule has 0 radical (unpaired) electrons. The molecule has 26 heavy (non-hydrogen) atoms. The molecule has 3 rings (SSSR count). The second-order valence-corrected chi connectivity index (χ2v) is 9.11. The highest BCUT2D eigenvalue weighted by atomic mass is 32.1. The number of amides is 1. The van der Waals surface area contributed by atoms with Crippen LogP contribution in [-0.4, -0.2) is 11.1 Å². The number of hydrogen-bond donors (Lipinski definition) is 1. The number of fused-ring (bicyclic) bond motifs is 1. The van der Waals surface area contributed by atoms with E-state index < -0.39 is 0 Å². The van der Waals surface area contributed by atoms with Gasteiger partial charge in [-0.2, -0.15) is 5.26 Å². The van der Waals surface area contributed by atoms with Gasteiger partial charge in [-0.05, 0) is 42.6 Å². The molecule has 0 unspecified atom stereocenters. The first-order valence-electron chi connectivity index (χ1n) is 9.15. The van der Waals surface area contributed by atoms with Crippen molar-refractivity contribution in [3.05, 3.63) is 33.5 Å². The standard InChI is InChI=1S/C20H25N3O2S/c1-5-6-13-10-16(23-25-13)18(24)22-19-15(11-21)14-8-7-12(20(2,3)4)9-17(14)26-19/h10,12H,5-9H2,1-4H3,(H,22,24)/t12-/m1/s1. The maximum atomic E-state index is 12.5. The lowest BCUT2D eigenvalue weighted by Crippen LogP contribution is -2.26. The van der Waals surface area contributed by atoms with Crippen molar-refractivity contribution in [2.45, 2.75) is 59.8 Å². The van der Waals surface area contributed by atoms with E-state index in [9.17, 15) is 10.1 Å². The number of thiophene rings is 1. The van der Waals surface area contributed by atoms with Crippen LogP contribution in [0, 0.1) is 22.7 Å². The summed E-state index contributed by atoms with van der Waals surface area (Å²) >= 11 is 1.53. The van der Waals surface area contributed by atoms with Crippen molar-refractivity contribution in [1.82, 2.24) is 5.16 Å². The Balaban J connectivity index is 1.82. The summed E-state index contributed by atoms with van der Waals surface area (Å²) < 4.78 is 5.18. The molecule has 0 aliphatic heterocycles. The van der Waals surface area contributed by atoms with Crippen molar-refractivity contribution in [2.75, 3.05) is 5.32 Å². The Morgan fingerprint density at radius 3 is 2.92 bits per heavy atom. The summed E-state index contributed by atoms with van der Waals surface area (Å²) in [5.41, 5.74) is 2.23. The third-order valence-electron chi connectivity index (χ3n) is 5.12. The number of nitrogens with zero attached hydrogens (tertiary/aromatic N) is 2. The molecule has 2 heterocycles. The van der Waals surface area contributed by atoms with Gasteiger partial charge in [0.1, 0.15) is 16.8 Å². The summed E-state index contributed by atoms with van der Waals surface area (Å²) in [4.78, 5) is 13.7. The Kier molecular flexibility index (Phi) is 5.19. The fourth-order valence-electron chi connectivity index (χ4n) is 3.48. The molecule has 1 aliphatic carbocycles. The highest BCUT2D eigenvalue weighted by molar-refractivity contribution is 7.16. The number of hydrogen-bond acceptors (Lipinski definition) is 5. The van der Waals surface area contributed by atoms with Crippen LogP contribution in [-0.2, 0) is 19.3 Å². The molecule has 2 aromatic rings. The highest BCUT2D eigenvalue weighted by Gasteiger charge is 2.32. The largest absolute Gasteiger partial charge is 0.361 e. The number of anilines is 1. The van der Waals surface area contributed by atoms with Gasteiger partial charge in [-0.3, -0.25) is 4.79 Å². The minimum absolute atomic E-state index is 0.244. The fourth-order valence-corrected chi connectivity index (χ4v) is 4.76. The van der Waals surface area contributed by atoms with Crippen LogP contribution in [0.25, 0.3) is 0 Å². The molecular formula is C20H25N3O2S. The summed E-state index contributed by atoms with van der Waals surface area (Å²) in [6.07, 6.45) is 4.64. The lowest BCUT2D eigenvalue weighted by Gasteiger charge is -2.33. The SMILES string of the molecule is CCCc1cc(C(=O)Nc2sc3c(c2C#N)CC[C@@H](C(C)(C)C)C3)no1. The number of aromatic nitrogens is 1. The average molecular weight is 372 g/mol. The summed E-state index contributed by atoms with van der Waals surface area (Å²) in [6, 6.07) is 3.97. The van der Waals surface area contributed by atoms with Crippen molar-refractivity contribution < 1.29 is 9.32 Å². The third-order valence-corrected chi connectivity index (χ3v) is 6.29. The van der Waals surface area contributed by atoms with E-state index in [0.29, 0.717) is 22.2 Å². The van der Waals surface area contributed by atoms with E-state index in [0.717, 1.165) is 37.7 Å². The molecule has 138 valence electrons. The Labute approximate surface area is 158 Å². The van der Waals surface area contributed by atoms with E-state index in [1.165, 1.54) is 16.2 Å². The minimum atomic E-state index is -0.321. The molecule has 1 aliphatic rings. The molecule has 0 spiro atoms. The van der Waals surface area contributed by atoms with Crippen LogP contribution >= 0.6 is 11.3 Å². The topological polar surface area (TPSA) is 78.9 Å². The van der Waals surface area contributed by atoms with Crippen LogP contribution in [0.2, 0.25) is 0 Å².